The quantitative estimate of drug-likeness (QED) is 0.558. The maximum absolute atomic E-state index is 12.5. The lowest BCUT2D eigenvalue weighted by Gasteiger charge is -2.20. The fourth-order valence-electron chi connectivity index (χ4n) is 2.83. The summed E-state index contributed by atoms with van der Waals surface area (Å²) in [4.78, 5) is 25.9. The van der Waals surface area contributed by atoms with E-state index in [2.05, 4.69) is 16.7 Å². The molecule has 1 aromatic carbocycles. The lowest BCUT2D eigenvalue weighted by molar-refractivity contribution is -0.129. The first kappa shape index (κ1) is 20.4. The molecule has 2 rings (SSSR count). The highest BCUT2D eigenvalue weighted by Crippen LogP contribution is 2.25. The summed E-state index contributed by atoms with van der Waals surface area (Å²) < 4.78 is 1.17. The highest BCUT2D eigenvalue weighted by molar-refractivity contribution is 7.19. The van der Waals surface area contributed by atoms with Crippen LogP contribution in [0.15, 0.2) is 30.3 Å². The minimum absolute atomic E-state index is 0.111. The molecule has 0 saturated carbocycles. The highest BCUT2D eigenvalue weighted by Gasteiger charge is 2.22. The van der Waals surface area contributed by atoms with Crippen molar-refractivity contribution in [1.29, 1.82) is 0 Å². The number of fused-ring (bicyclic) bond motifs is 1. The number of hydrogen-bond acceptors (Lipinski definition) is 4. The fourth-order valence-corrected chi connectivity index (χ4v) is 3.90. The number of nitrogens with two attached hydrogens (primary N) is 1. The minimum atomic E-state index is -0.491. The van der Waals surface area contributed by atoms with Gasteiger partial charge < -0.3 is 16.4 Å². The molecule has 0 unspecified atom stereocenters. The molecular formula is C20H29N3O2S. The van der Waals surface area contributed by atoms with Gasteiger partial charge in [0, 0.05) is 16.1 Å². The Morgan fingerprint density at radius 2 is 1.96 bits per heavy atom. The Morgan fingerprint density at radius 3 is 2.65 bits per heavy atom. The van der Waals surface area contributed by atoms with Crippen molar-refractivity contribution in [3.8, 4) is 0 Å². The Kier molecular flexibility index (Phi) is 8.06. The number of rotatable bonds is 10. The van der Waals surface area contributed by atoms with Gasteiger partial charge >= 0.3 is 0 Å². The number of amides is 2. The van der Waals surface area contributed by atoms with Crippen molar-refractivity contribution < 1.29 is 9.59 Å². The predicted molar refractivity (Wildman–Crippen MR) is 108 cm³/mol. The summed E-state index contributed by atoms with van der Waals surface area (Å²) in [6.07, 6.45) is 2.66. The highest BCUT2D eigenvalue weighted by atomic mass is 32.1. The number of unbranched alkanes of at least 4 members (excludes halogenated alkanes) is 1. The second-order valence-corrected chi connectivity index (χ2v) is 8.13. The van der Waals surface area contributed by atoms with Gasteiger partial charge in [0.1, 0.15) is 6.04 Å². The molecule has 0 saturated heterocycles. The van der Waals surface area contributed by atoms with E-state index in [9.17, 15) is 9.59 Å². The summed E-state index contributed by atoms with van der Waals surface area (Å²) in [5.74, 6) is 0.0964. The molecule has 2 amide bonds. The Hall–Kier alpha value is -1.92. The van der Waals surface area contributed by atoms with Gasteiger partial charge in [-0.25, -0.2) is 0 Å². The van der Waals surface area contributed by atoms with E-state index in [0.29, 0.717) is 31.8 Å². The van der Waals surface area contributed by atoms with Crippen LogP contribution in [0.1, 0.15) is 38.0 Å². The monoisotopic (exact) mass is 375 g/mol. The van der Waals surface area contributed by atoms with Crippen molar-refractivity contribution in [3.05, 3.63) is 35.2 Å². The molecule has 1 aromatic heterocycles. The van der Waals surface area contributed by atoms with Crippen LogP contribution in [0, 0.1) is 5.92 Å². The number of thiophene rings is 1. The molecule has 1 heterocycles. The molecule has 5 nitrogen and oxygen atoms in total. The van der Waals surface area contributed by atoms with Crippen LogP contribution in [0.5, 0.6) is 0 Å². The molecule has 0 bridgehead atoms. The number of hydrogen-bond donors (Lipinski definition) is 3. The van der Waals surface area contributed by atoms with Crippen LogP contribution in [0.25, 0.3) is 10.1 Å². The van der Waals surface area contributed by atoms with Gasteiger partial charge in [-0.3, -0.25) is 9.59 Å². The Labute approximate surface area is 159 Å². The first-order valence-electron chi connectivity index (χ1n) is 9.24. The Morgan fingerprint density at radius 1 is 1.19 bits per heavy atom. The van der Waals surface area contributed by atoms with Crippen molar-refractivity contribution in [3.63, 3.8) is 0 Å². The van der Waals surface area contributed by atoms with E-state index in [1.807, 2.05) is 38.1 Å². The van der Waals surface area contributed by atoms with E-state index in [1.54, 1.807) is 11.3 Å². The summed E-state index contributed by atoms with van der Waals surface area (Å²) in [7, 11) is 0. The SMILES string of the molecule is CC(C)C[C@H](NC(=O)Cc1cc2ccccc2s1)C(=O)NCCCCN. The van der Waals surface area contributed by atoms with E-state index in [1.165, 1.54) is 4.70 Å². The number of carbonyl (C=O) groups excluding carboxylic acids is 2. The van der Waals surface area contributed by atoms with Crippen molar-refractivity contribution in [1.82, 2.24) is 10.6 Å². The normalized spacial score (nSPS) is 12.3. The van der Waals surface area contributed by atoms with Crippen LogP contribution >= 0.6 is 11.3 Å². The van der Waals surface area contributed by atoms with E-state index < -0.39 is 6.04 Å². The fraction of sp³-hybridized carbons (Fsp3) is 0.500. The molecule has 26 heavy (non-hydrogen) atoms. The van der Waals surface area contributed by atoms with Crippen molar-refractivity contribution in [2.75, 3.05) is 13.1 Å². The molecule has 0 radical (unpaired) electrons. The number of nitrogens with one attached hydrogen (secondary N) is 2. The molecule has 0 aliphatic heterocycles. The Balaban J connectivity index is 1.93. The summed E-state index contributed by atoms with van der Waals surface area (Å²) >= 11 is 1.62. The van der Waals surface area contributed by atoms with Crippen LogP contribution in [0.4, 0.5) is 0 Å². The number of carbonyl (C=O) groups is 2. The van der Waals surface area contributed by atoms with Gasteiger partial charge in [0.15, 0.2) is 0 Å². The molecule has 1 atom stereocenters. The van der Waals surface area contributed by atoms with Crippen LogP contribution in [-0.2, 0) is 16.0 Å². The third-order valence-corrected chi connectivity index (χ3v) is 5.22. The van der Waals surface area contributed by atoms with Gasteiger partial charge in [0.25, 0.3) is 0 Å². The molecule has 2 aromatic rings. The van der Waals surface area contributed by atoms with Crippen LogP contribution < -0.4 is 16.4 Å². The van der Waals surface area contributed by atoms with Crippen molar-refractivity contribution in [2.45, 2.75) is 45.6 Å². The van der Waals surface area contributed by atoms with Gasteiger partial charge in [0.2, 0.25) is 11.8 Å². The third kappa shape index (κ3) is 6.42. The smallest absolute Gasteiger partial charge is 0.242 e. The summed E-state index contributed by atoms with van der Waals surface area (Å²) in [6.45, 7) is 5.31. The third-order valence-electron chi connectivity index (χ3n) is 4.10. The first-order valence-corrected chi connectivity index (χ1v) is 10.1. The van der Waals surface area contributed by atoms with E-state index in [4.69, 9.17) is 5.73 Å². The molecule has 0 fully saturated rings. The number of benzene rings is 1. The van der Waals surface area contributed by atoms with Gasteiger partial charge in [-0.15, -0.1) is 11.3 Å². The molecule has 142 valence electrons. The molecule has 0 aliphatic carbocycles. The van der Waals surface area contributed by atoms with Crippen LogP contribution in [0.2, 0.25) is 0 Å². The molecule has 4 N–H and O–H groups in total. The lowest BCUT2D eigenvalue weighted by atomic mass is 10.0. The van der Waals surface area contributed by atoms with Crippen LogP contribution in [0.3, 0.4) is 0 Å². The van der Waals surface area contributed by atoms with Gasteiger partial charge in [-0.2, -0.15) is 0 Å². The van der Waals surface area contributed by atoms with Crippen molar-refractivity contribution in [2.24, 2.45) is 11.7 Å². The summed E-state index contributed by atoms with van der Waals surface area (Å²) in [6, 6.07) is 9.64. The lowest BCUT2D eigenvalue weighted by Crippen LogP contribution is -2.48. The molecular weight excluding hydrogens is 346 g/mol. The minimum Gasteiger partial charge on any atom is -0.354 e. The maximum Gasteiger partial charge on any atom is 0.242 e. The predicted octanol–water partition coefficient (Wildman–Crippen LogP) is 2.83. The van der Waals surface area contributed by atoms with E-state index in [0.717, 1.165) is 23.1 Å². The zero-order chi connectivity index (χ0) is 18.9. The van der Waals surface area contributed by atoms with Gasteiger partial charge in [0.05, 0.1) is 6.42 Å². The van der Waals surface area contributed by atoms with Gasteiger partial charge in [-0.1, -0.05) is 32.0 Å². The second kappa shape index (κ2) is 10.3. The largest absolute Gasteiger partial charge is 0.354 e. The average Bonchev–Trinajstić information content (AvgIpc) is 2.99. The second-order valence-electron chi connectivity index (χ2n) is 6.96. The zero-order valence-electron chi connectivity index (χ0n) is 15.6. The standard InChI is InChI=1S/C20H29N3O2S/c1-14(2)11-17(20(25)22-10-6-5-9-21)23-19(24)13-16-12-15-7-3-4-8-18(15)26-16/h3-4,7-8,12,14,17H,5-6,9-11,13,21H2,1-2H3,(H,22,25)(H,23,24)/t17-/m0/s1. The zero-order valence-corrected chi connectivity index (χ0v) is 16.4. The van der Waals surface area contributed by atoms with E-state index in [-0.39, 0.29) is 11.8 Å². The maximum atomic E-state index is 12.5. The summed E-state index contributed by atoms with van der Waals surface area (Å²) in [5, 5.41) is 6.97. The molecule has 0 aliphatic rings. The van der Waals surface area contributed by atoms with Crippen molar-refractivity contribution >= 4 is 33.2 Å². The van der Waals surface area contributed by atoms with Crippen LogP contribution in [-0.4, -0.2) is 30.9 Å². The van der Waals surface area contributed by atoms with E-state index >= 15 is 0 Å². The molecule has 0 spiro atoms. The summed E-state index contributed by atoms with van der Waals surface area (Å²) in [5.41, 5.74) is 5.47. The van der Waals surface area contributed by atoms with Gasteiger partial charge in [-0.05, 0) is 49.2 Å². The molecule has 6 heteroatoms. The first-order chi connectivity index (χ1) is 12.5. The topological polar surface area (TPSA) is 84.2 Å². The average molecular weight is 376 g/mol. The Bertz CT molecular complexity index is 694.